The average Bonchev–Trinajstić information content (AvgIpc) is 2.40. The number of nitrogen functional groups attached to an aromatic ring is 1. The molecule has 0 spiro atoms. The van der Waals surface area contributed by atoms with E-state index in [-0.39, 0.29) is 17.3 Å². The van der Waals surface area contributed by atoms with Crippen molar-refractivity contribution in [1.82, 2.24) is 0 Å². The molecule has 1 unspecified atom stereocenters. The molecule has 0 saturated heterocycles. The Hall–Kier alpha value is -1.78. The van der Waals surface area contributed by atoms with Crippen LogP contribution in [0.2, 0.25) is 0 Å². The van der Waals surface area contributed by atoms with Gasteiger partial charge in [0.25, 0.3) is 0 Å². The van der Waals surface area contributed by atoms with Crippen molar-refractivity contribution < 1.29 is 14.3 Å². The van der Waals surface area contributed by atoms with E-state index in [9.17, 15) is 14.3 Å². The number of rotatable bonds is 8. The van der Waals surface area contributed by atoms with Crippen LogP contribution >= 0.6 is 0 Å². The second kappa shape index (κ2) is 7.72. The summed E-state index contributed by atoms with van der Waals surface area (Å²) >= 11 is 0. The Morgan fingerprint density at radius 3 is 2.60 bits per heavy atom. The van der Waals surface area contributed by atoms with Gasteiger partial charge in [0.2, 0.25) is 0 Å². The number of halogens is 1. The van der Waals surface area contributed by atoms with Crippen LogP contribution in [0.5, 0.6) is 0 Å². The lowest BCUT2D eigenvalue weighted by molar-refractivity contribution is 0.0698. The lowest BCUT2D eigenvalue weighted by atomic mass is 10.0. The smallest absolute Gasteiger partial charge is 0.340 e. The maximum atomic E-state index is 13.4. The Kier molecular flexibility index (Phi) is 6.28. The molecule has 0 saturated carbocycles. The van der Waals surface area contributed by atoms with E-state index in [2.05, 4.69) is 19.2 Å². The van der Waals surface area contributed by atoms with Gasteiger partial charge in [0.1, 0.15) is 11.4 Å². The van der Waals surface area contributed by atoms with Crippen LogP contribution in [0.25, 0.3) is 0 Å². The number of nitrogens with two attached hydrogens (primary N) is 1. The molecule has 0 fully saturated rings. The quantitative estimate of drug-likeness (QED) is 0.632. The number of carboxylic acid groups (broad SMARTS) is 1. The summed E-state index contributed by atoms with van der Waals surface area (Å²) in [4.78, 5) is 11.3. The number of nitrogens with one attached hydrogen (secondary N) is 1. The predicted octanol–water partition coefficient (Wildman–Crippen LogP) is 3.88. The zero-order valence-electron chi connectivity index (χ0n) is 12.1. The molecule has 4 nitrogen and oxygen atoms in total. The highest BCUT2D eigenvalue weighted by atomic mass is 19.1. The van der Waals surface area contributed by atoms with Gasteiger partial charge in [-0.3, -0.25) is 0 Å². The van der Waals surface area contributed by atoms with E-state index < -0.39 is 11.8 Å². The van der Waals surface area contributed by atoms with E-state index in [1.807, 2.05) is 0 Å². The SMILES string of the molecule is CCCCC(CCC)Nc1ccc(F)c(N)c1C(=O)O. The fraction of sp³-hybridized carbons (Fsp3) is 0.533. The number of anilines is 2. The number of unbranched alkanes of at least 4 members (excludes halogenated alkanes) is 1. The Morgan fingerprint density at radius 1 is 1.35 bits per heavy atom. The van der Waals surface area contributed by atoms with Gasteiger partial charge in [-0.15, -0.1) is 0 Å². The summed E-state index contributed by atoms with van der Waals surface area (Å²) in [6.45, 7) is 4.19. The summed E-state index contributed by atoms with van der Waals surface area (Å²) < 4.78 is 13.4. The Labute approximate surface area is 119 Å². The molecule has 1 rings (SSSR count). The number of hydrogen-bond donors (Lipinski definition) is 3. The molecule has 1 aromatic rings. The molecule has 0 aliphatic rings. The first-order chi connectivity index (χ1) is 9.51. The van der Waals surface area contributed by atoms with Crippen LogP contribution in [0.3, 0.4) is 0 Å². The summed E-state index contributed by atoms with van der Waals surface area (Å²) in [5.74, 6) is -1.91. The molecule has 0 bridgehead atoms. The Balaban J connectivity index is 2.99. The highest BCUT2D eigenvalue weighted by Crippen LogP contribution is 2.27. The van der Waals surface area contributed by atoms with Gasteiger partial charge in [-0.2, -0.15) is 0 Å². The van der Waals surface area contributed by atoms with E-state index >= 15 is 0 Å². The lowest BCUT2D eigenvalue weighted by Crippen LogP contribution is -2.21. The summed E-state index contributed by atoms with van der Waals surface area (Å²) in [5.41, 5.74) is 5.44. The molecule has 0 aliphatic heterocycles. The molecule has 20 heavy (non-hydrogen) atoms. The monoisotopic (exact) mass is 282 g/mol. The van der Waals surface area contributed by atoms with E-state index in [1.54, 1.807) is 0 Å². The van der Waals surface area contributed by atoms with Gasteiger partial charge < -0.3 is 16.2 Å². The van der Waals surface area contributed by atoms with Gasteiger partial charge in [-0.1, -0.05) is 33.1 Å². The van der Waals surface area contributed by atoms with Crippen LogP contribution in [0.15, 0.2) is 12.1 Å². The third-order valence-corrected chi connectivity index (χ3v) is 3.31. The van der Waals surface area contributed by atoms with Crippen LogP contribution in [-0.4, -0.2) is 17.1 Å². The van der Waals surface area contributed by atoms with Crippen molar-refractivity contribution in [3.8, 4) is 0 Å². The largest absolute Gasteiger partial charge is 0.478 e. The number of hydrogen-bond acceptors (Lipinski definition) is 3. The molecule has 0 aromatic heterocycles. The van der Waals surface area contributed by atoms with Crippen LogP contribution < -0.4 is 11.1 Å². The van der Waals surface area contributed by atoms with Gasteiger partial charge in [0, 0.05) is 6.04 Å². The number of carbonyl (C=O) groups is 1. The van der Waals surface area contributed by atoms with Crippen molar-refractivity contribution in [2.24, 2.45) is 0 Å². The minimum absolute atomic E-state index is 0.178. The van der Waals surface area contributed by atoms with Crippen molar-refractivity contribution in [3.63, 3.8) is 0 Å². The Bertz CT molecular complexity index is 463. The maximum Gasteiger partial charge on any atom is 0.340 e. The van der Waals surface area contributed by atoms with Gasteiger partial charge in [-0.05, 0) is 25.0 Å². The third-order valence-electron chi connectivity index (χ3n) is 3.31. The number of carboxylic acids is 1. The van der Waals surface area contributed by atoms with Crippen molar-refractivity contribution in [3.05, 3.63) is 23.5 Å². The van der Waals surface area contributed by atoms with Crippen molar-refractivity contribution in [2.45, 2.75) is 52.0 Å². The standard InChI is InChI=1S/C15H23FN2O2/c1-3-5-7-10(6-4-2)18-12-9-8-11(16)14(17)13(12)15(19)20/h8-10,18H,3-7,17H2,1-2H3,(H,19,20). The predicted molar refractivity (Wildman–Crippen MR) is 79.6 cm³/mol. The number of aromatic carboxylic acids is 1. The molecule has 5 heteroatoms. The molecule has 1 aromatic carbocycles. The molecule has 112 valence electrons. The van der Waals surface area contributed by atoms with E-state index in [0.717, 1.165) is 32.1 Å². The summed E-state index contributed by atoms with van der Waals surface area (Å²) in [6.07, 6.45) is 5.05. The molecule has 0 heterocycles. The topological polar surface area (TPSA) is 75.3 Å². The zero-order valence-corrected chi connectivity index (χ0v) is 12.1. The van der Waals surface area contributed by atoms with Crippen LogP contribution in [-0.2, 0) is 0 Å². The first-order valence-electron chi connectivity index (χ1n) is 7.09. The molecule has 0 radical (unpaired) electrons. The molecular weight excluding hydrogens is 259 g/mol. The van der Waals surface area contributed by atoms with Gasteiger partial charge in [0.05, 0.1) is 11.4 Å². The van der Waals surface area contributed by atoms with Crippen LogP contribution in [0.1, 0.15) is 56.3 Å². The lowest BCUT2D eigenvalue weighted by Gasteiger charge is -2.21. The summed E-state index contributed by atoms with van der Waals surface area (Å²) in [5, 5.41) is 12.4. The van der Waals surface area contributed by atoms with Crippen LogP contribution in [0.4, 0.5) is 15.8 Å². The highest BCUT2D eigenvalue weighted by Gasteiger charge is 2.19. The summed E-state index contributed by atoms with van der Waals surface area (Å²) in [7, 11) is 0. The minimum Gasteiger partial charge on any atom is -0.478 e. The average molecular weight is 282 g/mol. The van der Waals surface area contributed by atoms with Crippen molar-refractivity contribution >= 4 is 17.3 Å². The minimum atomic E-state index is -1.21. The number of benzene rings is 1. The normalized spacial score (nSPS) is 12.2. The first-order valence-corrected chi connectivity index (χ1v) is 7.09. The van der Waals surface area contributed by atoms with E-state index in [1.165, 1.54) is 12.1 Å². The first kappa shape index (κ1) is 16.3. The van der Waals surface area contributed by atoms with Crippen molar-refractivity contribution in [1.29, 1.82) is 0 Å². The van der Waals surface area contributed by atoms with E-state index in [4.69, 9.17) is 5.73 Å². The second-order valence-electron chi connectivity index (χ2n) is 4.96. The van der Waals surface area contributed by atoms with Gasteiger partial charge in [0.15, 0.2) is 0 Å². The molecule has 1 atom stereocenters. The molecule has 0 amide bonds. The van der Waals surface area contributed by atoms with Crippen LogP contribution in [0, 0.1) is 5.82 Å². The fourth-order valence-electron chi connectivity index (χ4n) is 2.25. The second-order valence-corrected chi connectivity index (χ2v) is 4.96. The van der Waals surface area contributed by atoms with Gasteiger partial charge in [-0.25, -0.2) is 9.18 Å². The van der Waals surface area contributed by atoms with Gasteiger partial charge >= 0.3 is 5.97 Å². The fourth-order valence-corrected chi connectivity index (χ4v) is 2.25. The van der Waals surface area contributed by atoms with Crippen molar-refractivity contribution in [2.75, 3.05) is 11.1 Å². The zero-order chi connectivity index (χ0) is 15.1. The highest BCUT2D eigenvalue weighted by molar-refractivity contribution is 6.00. The maximum absolute atomic E-state index is 13.4. The molecule has 0 aliphatic carbocycles. The Morgan fingerprint density at radius 2 is 2.05 bits per heavy atom. The summed E-state index contributed by atoms with van der Waals surface area (Å²) in [6, 6.07) is 2.83. The van der Waals surface area contributed by atoms with E-state index in [0.29, 0.717) is 5.69 Å². The molecule has 4 N–H and O–H groups in total. The third kappa shape index (κ3) is 4.11. The molecular formula is C15H23FN2O2.